The summed E-state index contributed by atoms with van der Waals surface area (Å²) < 4.78 is 0. The van der Waals surface area contributed by atoms with Crippen molar-refractivity contribution in [3.8, 4) is 0 Å². The van der Waals surface area contributed by atoms with Crippen molar-refractivity contribution < 1.29 is 0 Å². The second kappa shape index (κ2) is 4.35. The van der Waals surface area contributed by atoms with Gasteiger partial charge in [0.25, 0.3) is 0 Å². The molecule has 1 aliphatic rings. The first-order valence-electron chi connectivity index (χ1n) is 5.90. The summed E-state index contributed by atoms with van der Waals surface area (Å²) in [5.41, 5.74) is 1.51. The Morgan fingerprint density at radius 1 is 1.53 bits per heavy atom. The van der Waals surface area contributed by atoms with Crippen LogP contribution in [-0.2, 0) is 6.54 Å². The maximum absolute atomic E-state index is 4.03. The topological polar surface area (TPSA) is 40.7 Å². The molecule has 84 valence electrons. The third kappa shape index (κ3) is 2.81. The van der Waals surface area contributed by atoms with Crippen LogP contribution in [0.5, 0.6) is 0 Å². The minimum Gasteiger partial charge on any atom is -0.347 e. The second-order valence-corrected chi connectivity index (χ2v) is 5.17. The van der Waals surface area contributed by atoms with Crippen molar-refractivity contribution in [1.82, 2.24) is 15.3 Å². The molecule has 0 atom stereocenters. The van der Waals surface area contributed by atoms with Gasteiger partial charge in [0, 0.05) is 24.0 Å². The molecule has 1 saturated carbocycles. The fourth-order valence-corrected chi connectivity index (χ4v) is 2.27. The van der Waals surface area contributed by atoms with Crippen LogP contribution < -0.4 is 5.32 Å². The van der Waals surface area contributed by atoms with Gasteiger partial charge in [-0.05, 0) is 38.5 Å². The van der Waals surface area contributed by atoms with Crippen LogP contribution in [0.25, 0.3) is 0 Å². The summed E-state index contributed by atoms with van der Waals surface area (Å²) in [6, 6.07) is 0. The average Bonchev–Trinajstić information content (AvgIpc) is 2.73. The lowest BCUT2D eigenvalue weighted by Gasteiger charge is -2.37. The Balaban J connectivity index is 1.83. The third-order valence-electron chi connectivity index (χ3n) is 3.64. The zero-order valence-electron chi connectivity index (χ0n) is 9.71. The van der Waals surface area contributed by atoms with E-state index in [2.05, 4.69) is 29.1 Å². The number of aromatic amines is 1. The van der Waals surface area contributed by atoms with Crippen LogP contribution in [0.1, 0.15) is 45.2 Å². The van der Waals surface area contributed by atoms with Gasteiger partial charge >= 0.3 is 0 Å². The van der Waals surface area contributed by atoms with Crippen molar-refractivity contribution in [2.45, 2.75) is 51.6 Å². The number of hydrogen-bond donors (Lipinski definition) is 2. The van der Waals surface area contributed by atoms with Crippen molar-refractivity contribution in [3.63, 3.8) is 0 Å². The number of hydrogen-bond acceptors (Lipinski definition) is 2. The molecule has 15 heavy (non-hydrogen) atoms. The van der Waals surface area contributed by atoms with Gasteiger partial charge in [-0.15, -0.1) is 0 Å². The molecule has 0 saturated heterocycles. The zero-order chi connectivity index (χ0) is 10.7. The molecule has 2 N–H and O–H groups in total. The highest BCUT2D eigenvalue weighted by atomic mass is 15.0. The van der Waals surface area contributed by atoms with Gasteiger partial charge in [0.15, 0.2) is 0 Å². The van der Waals surface area contributed by atoms with Crippen molar-refractivity contribution in [2.24, 2.45) is 5.92 Å². The van der Waals surface area contributed by atoms with E-state index in [9.17, 15) is 0 Å². The van der Waals surface area contributed by atoms with Gasteiger partial charge < -0.3 is 10.3 Å². The fourth-order valence-electron chi connectivity index (χ4n) is 2.27. The summed E-state index contributed by atoms with van der Waals surface area (Å²) in [7, 11) is 0. The maximum Gasteiger partial charge on any atom is 0.0922 e. The molecule has 0 aromatic carbocycles. The van der Waals surface area contributed by atoms with E-state index in [4.69, 9.17) is 0 Å². The predicted molar refractivity (Wildman–Crippen MR) is 61.5 cm³/mol. The van der Waals surface area contributed by atoms with Crippen molar-refractivity contribution in [1.29, 1.82) is 0 Å². The van der Waals surface area contributed by atoms with Crippen LogP contribution in [0.15, 0.2) is 12.5 Å². The number of imidazole rings is 1. The second-order valence-electron chi connectivity index (χ2n) is 5.17. The first kappa shape index (κ1) is 10.7. The van der Waals surface area contributed by atoms with Gasteiger partial charge in [0.2, 0.25) is 0 Å². The Bertz CT molecular complexity index is 284. The molecule has 0 radical (unpaired) electrons. The molecule has 0 spiro atoms. The van der Waals surface area contributed by atoms with E-state index in [0.29, 0.717) is 5.54 Å². The quantitative estimate of drug-likeness (QED) is 0.799. The highest BCUT2D eigenvalue weighted by Crippen LogP contribution is 2.31. The highest BCUT2D eigenvalue weighted by Gasteiger charge is 2.28. The lowest BCUT2D eigenvalue weighted by molar-refractivity contribution is 0.212. The molecule has 2 rings (SSSR count). The van der Waals surface area contributed by atoms with Gasteiger partial charge in [-0.2, -0.15) is 0 Å². The standard InChI is InChI=1S/C12H21N3/c1-10-3-5-12(2,6-4-10)15-8-11-7-13-9-14-11/h7,9-10,15H,3-6,8H2,1-2H3,(H,13,14). The van der Waals surface area contributed by atoms with E-state index in [1.807, 2.05) is 6.20 Å². The third-order valence-corrected chi connectivity index (χ3v) is 3.64. The monoisotopic (exact) mass is 207 g/mol. The van der Waals surface area contributed by atoms with E-state index in [-0.39, 0.29) is 0 Å². The van der Waals surface area contributed by atoms with Gasteiger partial charge in [0.05, 0.1) is 6.33 Å². The summed E-state index contributed by atoms with van der Waals surface area (Å²) in [5, 5.41) is 3.65. The smallest absolute Gasteiger partial charge is 0.0922 e. The molecule has 1 heterocycles. The number of aromatic nitrogens is 2. The largest absolute Gasteiger partial charge is 0.347 e. The van der Waals surface area contributed by atoms with E-state index in [0.717, 1.165) is 12.5 Å². The van der Waals surface area contributed by atoms with Crippen molar-refractivity contribution >= 4 is 0 Å². The molecule has 0 amide bonds. The Morgan fingerprint density at radius 2 is 2.27 bits per heavy atom. The normalized spacial score (nSPS) is 31.7. The highest BCUT2D eigenvalue weighted by molar-refractivity contribution is 4.96. The van der Waals surface area contributed by atoms with E-state index in [1.54, 1.807) is 6.33 Å². The number of rotatable bonds is 3. The summed E-state index contributed by atoms with van der Waals surface area (Å²) in [6.45, 7) is 5.61. The van der Waals surface area contributed by atoms with Gasteiger partial charge in [-0.3, -0.25) is 0 Å². The molecule has 3 heteroatoms. The first-order chi connectivity index (χ1) is 7.18. The summed E-state index contributed by atoms with van der Waals surface area (Å²) in [4.78, 5) is 7.15. The van der Waals surface area contributed by atoms with Crippen LogP contribution in [0, 0.1) is 5.92 Å². The van der Waals surface area contributed by atoms with Crippen LogP contribution in [0.3, 0.4) is 0 Å². The first-order valence-corrected chi connectivity index (χ1v) is 5.90. The Hall–Kier alpha value is -0.830. The molecule has 1 aliphatic carbocycles. The molecular weight excluding hydrogens is 186 g/mol. The Morgan fingerprint density at radius 3 is 2.87 bits per heavy atom. The minimum absolute atomic E-state index is 0.331. The molecular formula is C12H21N3. The van der Waals surface area contributed by atoms with E-state index >= 15 is 0 Å². The molecule has 1 aromatic rings. The Labute approximate surface area is 91.7 Å². The summed E-state index contributed by atoms with van der Waals surface area (Å²) in [6.07, 6.45) is 8.92. The van der Waals surface area contributed by atoms with Gasteiger partial charge in [-0.25, -0.2) is 4.98 Å². The summed E-state index contributed by atoms with van der Waals surface area (Å²) in [5.74, 6) is 0.909. The molecule has 0 unspecified atom stereocenters. The van der Waals surface area contributed by atoms with Gasteiger partial charge in [-0.1, -0.05) is 6.92 Å². The lowest BCUT2D eigenvalue weighted by atomic mass is 9.78. The van der Waals surface area contributed by atoms with E-state index in [1.165, 1.54) is 31.4 Å². The number of H-pyrrole nitrogens is 1. The van der Waals surface area contributed by atoms with Crippen molar-refractivity contribution in [3.05, 3.63) is 18.2 Å². The minimum atomic E-state index is 0.331. The zero-order valence-corrected chi connectivity index (χ0v) is 9.71. The predicted octanol–water partition coefficient (Wildman–Crippen LogP) is 2.47. The molecule has 0 aliphatic heterocycles. The molecule has 3 nitrogen and oxygen atoms in total. The fraction of sp³-hybridized carbons (Fsp3) is 0.750. The number of nitrogens with one attached hydrogen (secondary N) is 2. The van der Waals surface area contributed by atoms with Crippen LogP contribution >= 0.6 is 0 Å². The van der Waals surface area contributed by atoms with Crippen LogP contribution in [-0.4, -0.2) is 15.5 Å². The number of nitrogens with zero attached hydrogens (tertiary/aromatic N) is 1. The maximum atomic E-state index is 4.03. The lowest BCUT2D eigenvalue weighted by Crippen LogP contribution is -2.44. The molecule has 1 fully saturated rings. The molecule has 1 aromatic heterocycles. The van der Waals surface area contributed by atoms with E-state index < -0.39 is 0 Å². The Kier molecular flexibility index (Phi) is 3.10. The summed E-state index contributed by atoms with van der Waals surface area (Å²) >= 11 is 0. The average molecular weight is 207 g/mol. The molecule has 0 bridgehead atoms. The van der Waals surface area contributed by atoms with Crippen LogP contribution in [0.4, 0.5) is 0 Å². The SMILES string of the molecule is CC1CCC(C)(NCc2cnc[nH]2)CC1. The van der Waals surface area contributed by atoms with Gasteiger partial charge in [0.1, 0.15) is 0 Å². The van der Waals surface area contributed by atoms with Crippen molar-refractivity contribution in [2.75, 3.05) is 0 Å². The van der Waals surface area contributed by atoms with Crippen LogP contribution in [0.2, 0.25) is 0 Å².